The quantitative estimate of drug-likeness (QED) is 0.521. The highest BCUT2D eigenvalue weighted by Gasteiger charge is 2.19. The van der Waals surface area contributed by atoms with Crippen molar-refractivity contribution in [2.24, 2.45) is 0 Å². The molecule has 0 atom stereocenters. The molecule has 1 saturated heterocycles. The Bertz CT molecular complexity index is 1220. The van der Waals surface area contributed by atoms with E-state index >= 15 is 0 Å². The number of nitrogens with one attached hydrogen (secondary N) is 2. The molecule has 7 heteroatoms. The molecule has 1 heterocycles. The van der Waals surface area contributed by atoms with Crippen LogP contribution < -0.4 is 10.0 Å². The van der Waals surface area contributed by atoms with Crippen molar-refractivity contribution in [3.63, 3.8) is 0 Å². The Morgan fingerprint density at radius 2 is 1.64 bits per heavy atom. The van der Waals surface area contributed by atoms with Crippen molar-refractivity contribution < 1.29 is 13.2 Å². The Kier molecular flexibility index (Phi) is 7.11. The van der Waals surface area contributed by atoms with Gasteiger partial charge in [-0.2, -0.15) is 0 Å². The lowest BCUT2D eigenvalue weighted by molar-refractivity contribution is 0.0950. The molecule has 1 aliphatic rings. The first-order valence-corrected chi connectivity index (χ1v) is 12.7. The summed E-state index contributed by atoms with van der Waals surface area (Å²) >= 11 is 0. The van der Waals surface area contributed by atoms with Crippen molar-refractivity contribution in [1.82, 2.24) is 10.2 Å². The van der Waals surface area contributed by atoms with Gasteiger partial charge in [0.15, 0.2) is 0 Å². The van der Waals surface area contributed by atoms with Crippen LogP contribution in [0.25, 0.3) is 0 Å². The van der Waals surface area contributed by atoms with Gasteiger partial charge in [-0.15, -0.1) is 0 Å². The van der Waals surface area contributed by atoms with Crippen LogP contribution in [0.4, 0.5) is 5.69 Å². The Hall–Kier alpha value is -3.16. The van der Waals surface area contributed by atoms with Gasteiger partial charge in [-0.3, -0.25) is 14.4 Å². The Balaban J connectivity index is 1.43. The van der Waals surface area contributed by atoms with Crippen LogP contribution in [0.1, 0.15) is 39.9 Å². The van der Waals surface area contributed by atoms with E-state index in [9.17, 15) is 13.2 Å². The highest BCUT2D eigenvalue weighted by atomic mass is 32.2. The third-order valence-corrected chi connectivity index (χ3v) is 7.34. The summed E-state index contributed by atoms with van der Waals surface area (Å²) < 4.78 is 28.4. The van der Waals surface area contributed by atoms with Gasteiger partial charge in [0.2, 0.25) is 0 Å². The molecule has 33 heavy (non-hydrogen) atoms. The summed E-state index contributed by atoms with van der Waals surface area (Å²) in [6.45, 7) is 5.30. The van der Waals surface area contributed by atoms with Crippen LogP contribution in [0.3, 0.4) is 0 Å². The molecule has 2 N–H and O–H groups in total. The number of anilines is 1. The van der Waals surface area contributed by atoms with E-state index in [4.69, 9.17) is 0 Å². The van der Waals surface area contributed by atoms with E-state index in [0.717, 1.165) is 25.2 Å². The van der Waals surface area contributed by atoms with Gasteiger partial charge in [0.25, 0.3) is 15.9 Å². The molecule has 0 saturated carbocycles. The van der Waals surface area contributed by atoms with E-state index in [1.807, 2.05) is 18.2 Å². The standard InChI is InChI=1S/C26H29N3O3S/c1-20-12-13-23(17-25(20)33(31,32)28-24-10-3-2-4-11-24)26(30)27-18-21-8-7-9-22(16-21)19-29-14-5-6-15-29/h2-4,7-13,16-17,28H,5-6,14-15,18-19H2,1H3,(H,27,30). The number of carbonyl (C=O) groups excluding carboxylic acids is 1. The zero-order chi connectivity index (χ0) is 23.3. The smallest absolute Gasteiger partial charge is 0.262 e. The number of sulfonamides is 1. The fourth-order valence-electron chi connectivity index (χ4n) is 4.07. The summed E-state index contributed by atoms with van der Waals surface area (Å²) in [4.78, 5) is 15.3. The van der Waals surface area contributed by atoms with Crippen molar-refractivity contribution in [1.29, 1.82) is 0 Å². The van der Waals surface area contributed by atoms with Gasteiger partial charge in [0.1, 0.15) is 0 Å². The molecule has 0 unspecified atom stereocenters. The Morgan fingerprint density at radius 1 is 0.909 bits per heavy atom. The first kappa shape index (κ1) is 23.0. The number of aryl methyl sites for hydroxylation is 1. The molecule has 0 radical (unpaired) electrons. The third-order valence-electron chi connectivity index (χ3n) is 5.82. The number of benzene rings is 3. The van der Waals surface area contributed by atoms with Crippen molar-refractivity contribution in [2.75, 3.05) is 17.8 Å². The summed E-state index contributed by atoms with van der Waals surface area (Å²) in [7, 11) is -3.82. The second kappa shape index (κ2) is 10.2. The first-order valence-electron chi connectivity index (χ1n) is 11.2. The third kappa shape index (κ3) is 6.00. The molecule has 1 amide bonds. The highest BCUT2D eigenvalue weighted by Crippen LogP contribution is 2.21. The number of likely N-dealkylation sites (tertiary alicyclic amines) is 1. The SMILES string of the molecule is Cc1ccc(C(=O)NCc2cccc(CN3CCCC3)c2)cc1S(=O)(=O)Nc1ccccc1. The zero-order valence-electron chi connectivity index (χ0n) is 18.8. The van der Waals surface area contributed by atoms with E-state index in [-0.39, 0.29) is 10.8 Å². The maximum atomic E-state index is 12.9. The lowest BCUT2D eigenvalue weighted by atomic mass is 10.1. The molecular weight excluding hydrogens is 434 g/mol. The molecular formula is C26H29N3O3S. The Labute approximate surface area is 195 Å². The predicted molar refractivity (Wildman–Crippen MR) is 131 cm³/mol. The lowest BCUT2D eigenvalue weighted by Crippen LogP contribution is -2.24. The van der Waals surface area contributed by atoms with Gasteiger partial charge in [-0.05, 0) is 73.8 Å². The molecule has 0 aromatic heterocycles. The molecule has 0 bridgehead atoms. The summed E-state index contributed by atoms with van der Waals surface area (Å²) in [5.74, 6) is -0.309. The number of amides is 1. The molecule has 3 aromatic carbocycles. The van der Waals surface area contributed by atoms with Gasteiger partial charge in [-0.25, -0.2) is 8.42 Å². The van der Waals surface area contributed by atoms with E-state index in [0.29, 0.717) is 23.4 Å². The molecule has 4 rings (SSSR count). The van der Waals surface area contributed by atoms with E-state index in [2.05, 4.69) is 27.1 Å². The van der Waals surface area contributed by atoms with Gasteiger partial charge < -0.3 is 5.32 Å². The highest BCUT2D eigenvalue weighted by molar-refractivity contribution is 7.92. The van der Waals surface area contributed by atoms with Crippen molar-refractivity contribution in [2.45, 2.75) is 37.8 Å². The van der Waals surface area contributed by atoms with E-state index < -0.39 is 10.0 Å². The minimum atomic E-state index is -3.82. The van der Waals surface area contributed by atoms with Crippen LogP contribution in [0, 0.1) is 6.92 Å². The topological polar surface area (TPSA) is 78.5 Å². The molecule has 1 fully saturated rings. The molecule has 0 aliphatic carbocycles. The van der Waals surface area contributed by atoms with Gasteiger partial charge >= 0.3 is 0 Å². The monoisotopic (exact) mass is 463 g/mol. The summed E-state index contributed by atoms with van der Waals surface area (Å²) in [6.07, 6.45) is 2.51. The number of hydrogen-bond acceptors (Lipinski definition) is 4. The van der Waals surface area contributed by atoms with Crippen LogP contribution in [0.2, 0.25) is 0 Å². The van der Waals surface area contributed by atoms with Crippen LogP contribution >= 0.6 is 0 Å². The maximum absolute atomic E-state index is 12.9. The Morgan fingerprint density at radius 3 is 2.39 bits per heavy atom. The average Bonchev–Trinajstić information content (AvgIpc) is 3.31. The minimum Gasteiger partial charge on any atom is -0.348 e. The average molecular weight is 464 g/mol. The van der Waals surface area contributed by atoms with E-state index in [1.54, 1.807) is 43.3 Å². The first-order chi connectivity index (χ1) is 15.9. The lowest BCUT2D eigenvalue weighted by Gasteiger charge is -2.15. The molecule has 3 aromatic rings. The van der Waals surface area contributed by atoms with Gasteiger partial charge in [0, 0.05) is 24.3 Å². The number of rotatable bonds is 8. The molecule has 6 nitrogen and oxygen atoms in total. The summed E-state index contributed by atoms with van der Waals surface area (Å²) in [6, 6.07) is 21.7. The van der Waals surface area contributed by atoms with E-state index in [1.165, 1.54) is 24.5 Å². The van der Waals surface area contributed by atoms with Crippen molar-refractivity contribution in [3.8, 4) is 0 Å². The normalized spacial score (nSPS) is 14.2. The number of carbonyl (C=O) groups is 1. The number of hydrogen-bond donors (Lipinski definition) is 2. The molecule has 172 valence electrons. The summed E-state index contributed by atoms with van der Waals surface area (Å²) in [5.41, 5.74) is 3.61. The number of nitrogens with zero attached hydrogens (tertiary/aromatic N) is 1. The van der Waals surface area contributed by atoms with Crippen LogP contribution in [-0.2, 0) is 23.1 Å². The van der Waals surface area contributed by atoms with Crippen LogP contribution in [-0.4, -0.2) is 32.3 Å². The largest absolute Gasteiger partial charge is 0.348 e. The zero-order valence-corrected chi connectivity index (χ0v) is 19.6. The van der Waals surface area contributed by atoms with Gasteiger partial charge in [0.05, 0.1) is 4.90 Å². The summed E-state index contributed by atoms with van der Waals surface area (Å²) in [5, 5.41) is 2.92. The molecule has 1 aliphatic heterocycles. The maximum Gasteiger partial charge on any atom is 0.262 e. The van der Waals surface area contributed by atoms with Crippen molar-refractivity contribution in [3.05, 3.63) is 95.1 Å². The van der Waals surface area contributed by atoms with Gasteiger partial charge in [-0.1, -0.05) is 48.5 Å². The van der Waals surface area contributed by atoms with Crippen LogP contribution in [0.15, 0.2) is 77.7 Å². The van der Waals surface area contributed by atoms with Crippen LogP contribution in [0.5, 0.6) is 0 Å². The second-order valence-corrected chi connectivity index (χ2v) is 10.1. The number of para-hydroxylation sites is 1. The second-order valence-electron chi connectivity index (χ2n) is 8.44. The predicted octanol–water partition coefficient (Wildman–Crippen LogP) is 4.32. The fourth-order valence-corrected chi connectivity index (χ4v) is 5.40. The molecule has 0 spiro atoms. The minimum absolute atomic E-state index is 0.0895. The van der Waals surface area contributed by atoms with Crippen molar-refractivity contribution >= 4 is 21.6 Å². The fraction of sp³-hybridized carbons (Fsp3) is 0.269.